The zero-order valence-electron chi connectivity index (χ0n) is 14.6. The van der Waals surface area contributed by atoms with Crippen LogP contribution in [0.5, 0.6) is 0 Å². The van der Waals surface area contributed by atoms with Gasteiger partial charge in [0.05, 0.1) is 30.0 Å². The molecule has 3 N–H and O–H groups in total. The van der Waals surface area contributed by atoms with Crippen molar-refractivity contribution in [3.05, 3.63) is 28.8 Å². The Morgan fingerprint density at radius 3 is 2.54 bits per heavy atom. The fourth-order valence-corrected chi connectivity index (χ4v) is 2.30. The number of aryl methyl sites for hydroxylation is 2. The molecule has 2 aromatic rings. The van der Waals surface area contributed by atoms with Gasteiger partial charge in [-0.2, -0.15) is 10.2 Å². The first-order valence-electron chi connectivity index (χ1n) is 7.72. The highest BCUT2D eigenvalue weighted by Crippen LogP contribution is 2.23. The molecule has 0 saturated carbocycles. The number of hydrogen-bond donors (Lipinski definition) is 3. The normalized spacial score (nSPS) is 11.5. The molecule has 0 radical (unpaired) electrons. The number of carboxylic acid groups (broad SMARTS) is 1. The average molecular weight is 333 g/mol. The molecule has 0 fully saturated rings. The van der Waals surface area contributed by atoms with Crippen LogP contribution < -0.4 is 5.32 Å². The molecule has 0 unspecified atom stereocenters. The van der Waals surface area contributed by atoms with Crippen LogP contribution in [0.2, 0.25) is 0 Å². The van der Waals surface area contributed by atoms with Crippen molar-refractivity contribution in [2.45, 2.75) is 53.0 Å². The molecule has 0 bridgehead atoms. The van der Waals surface area contributed by atoms with Crippen LogP contribution in [0, 0.1) is 13.8 Å². The smallest absolute Gasteiger partial charge is 0.305 e. The molecule has 2 heterocycles. The maximum Gasteiger partial charge on any atom is 0.305 e. The first-order valence-corrected chi connectivity index (χ1v) is 7.72. The van der Waals surface area contributed by atoms with E-state index in [2.05, 4.69) is 20.6 Å². The van der Waals surface area contributed by atoms with E-state index in [-0.39, 0.29) is 24.3 Å². The molecule has 1 amide bonds. The summed E-state index contributed by atoms with van der Waals surface area (Å²) in [5.74, 6) is -1.22. The first kappa shape index (κ1) is 17.7. The summed E-state index contributed by atoms with van der Waals surface area (Å²) in [5, 5.41) is 22.8. The van der Waals surface area contributed by atoms with Gasteiger partial charge in [-0.25, -0.2) is 0 Å². The first-order chi connectivity index (χ1) is 11.1. The molecule has 0 saturated heterocycles. The van der Waals surface area contributed by atoms with Crippen molar-refractivity contribution >= 4 is 17.6 Å². The third kappa shape index (κ3) is 3.81. The summed E-state index contributed by atoms with van der Waals surface area (Å²) in [6.45, 7) is 9.91. The van der Waals surface area contributed by atoms with E-state index in [0.717, 1.165) is 5.69 Å². The monoisotopic (exact) mass is 333 g/mol. The van der Waals surface area contributed by atoms with Crippen molar-refractivity contribution in [2.75, 3.05) is 5.32 Å². The zero-order chi connectivity index (χ0) is 18.1. The van der Waals surface area contributed by atoms with Crippen LogP contribution in [0.3, 0.4) is 0 Å². The largest absolute Gasteiger partial charge is 0.481 e. The highest BCUT2D eigenvalue weighted by atomic mass is 16.4. The molecule has 8 heteroatoms. The van der Waals surface area contributed by atoms with Crippen LogP contribution in [-0.4, -0.2) is 37.0 Å². The molecule has 24 heavy (non-hydrogen) atoms. The number of carbonyl (C=O) groups is 2. The second-order valence-corrected chi connectivity index (χ2v) is 6.78. The van der Waals surface area contributed by atoms with Crippen LogP contribution in [-0.2, 0) is 16.8 Å². The zero-order valence-corrected chi connectivity index (χ0v) is 14.6. The minimum absolute atomic E-state index is 0.0242. The van der Waals surface area contributed by atoms with E-state index in [0.29, 0.717) is 22.8 Å². The fraction of sp³-hybridized carbons (Fsp3) is 0.500. The number of carbonyl (C=O) groups excluding carboxylic acids is 1. The van der Waals surface area contributed by atoms with Crippen molar-refractivity contribution in [1.29, 1.82) is 0 Å². The minimum atomic E-state index is -0.889. The summed E-state index contributed by atoms with van der Waals surface area (Å²) in [6, 6.07) is 1.73. The third-order valence-corrected chi connectivity index (χ3v) is 3.78. The maximum absolute atomic E-state index is 12.4. The van der Waals surface area contributed by atoms with E-state index in [9.17, 15) is 9.59 Å². The summed E-state index contributed by atoms with van der Waals surface area (Å²) in [5.41, 5.74) is 2.99. The molecule has 0 aromatic carbocycles. The number of aromatic nitrogens is 4. The molecule has 0 aliphatic heterocycles. The van der Waals surface area contributed by atoms with E-state index in [4.69, 9.17) is 5.11 Å². The van der Waals surface area contributed by atoms with Crippen LogP contribution >= 0.6 is 0 Å². The lowest BCUT2D eigenvalue weighted by Crippen LogP contribution is -2.14. The number of nitrogens with zero attached hydrogens (tertiary/aromatic N) is 3. The van der Waals surface area contributed by atoms with Gasteiger partial charge in [0.1, 0.15) is 0 Å². The average Bonchev–Trinajstić information content (AvgIpc) is 3.05. The number of carboxylic acids is 1. The van der Waals surface area contributed by atoms with E-state index >= 15 is 0 Å². The van der Waals surface area contributed by atoms with Crippen molar-refractivity contribution in [2.24, 2.45) is 0 Å². The molecular formula is C16H23N5O3. The van der Waals surface area contributed by atoms with Gasteiger partial charge in [0.25, 0.3) is 5.91 Å². The Kier molecular flexibility index (Phi) is 4.77. The van der Waals surface area contributed by atoms with E-state index in [1.165, 1.54) is 0 Å². The Hall–Kier alpha value is -2.64. The molecular weight excluding hydrogens is 310 g/mol. The molecule has 130 valence electrons. The molecule has 2 aromatic heterocycles. The predicted molar refractivity (Wildman–Crippen MR) is 89.2 cm³/mol. The maximum atomic E-state index is 12.4. The highest BCUT2D eigenvalue weighted by molar-refractivity contribution is 6.03. The number of anilines is 1. The molecule has 8 nitrogen and oxygen atoms in total. The van der Waals surface area contributed by atoms with E-state index in [1.54, 1.807) is 24.6 Å². The Morgan fingerprint density at radius 1 is 1.33 bits per heavy atom. The van der Waals surface area contributed by atoms with Gasteiger partial charge in [-0.1, -0.05) is 20.8 Å². The molecule has 0 atom stereocenters. The summed E-state index contributed by atoms with van der Waals surface area (Å²) in [6.07, 6.45) is -0.0242. The Morgan fingerprint density at radius 2 is 2.00 bits per heavy atom. The standard InChI is InChI=1S/C16H23N5O3/c1-9-14(10(2)21(20-9)7-6-13(22)23)17-15(24)11-8-12(19-18-11)16(3,4)5/h8H,6-7H2,1-5H3,(H,17,24)(H,18,19)(H,22,23). The highest BCUT2D eigenvalue weighted by Gasteiger charge is 2.21. The number of rotatable bonds is 5. The summed E-state index contributed by atoms with van der Waals surface area (Å²) in [4.78, 5) is 23.1. The second-order valence-electron chi connectivity index (χ2n) is 6.78. The Labute approximate surface area is 140 Å². The number of aromatic amines is 1. The lowest BCUT2D eigenvalue weighted by Gasteiger charge is -2.14. The van der Waals surface area contributed by atoms with Gasteiger partial charge in [-0.05, 0) is 19.9 Å². The number of amides is 1. The van der Waals surface area contributed by atoms with Crippen LogP contribution in [0.4, 0.5) is 5.69 Å². The van der Waals surface area contributed by atoms with Crippen LogP contribution in [0.1, 0.15) is 54.8 Å². The van der Waals surface area contributed by atoms with Crippen molar-refractivity contribution in [3.8, 4) is 0 Å². The van der Waals surface area contributed by atoms with E-state index < -0.39 is 5.97 Å². The van der Waals surface area contributed by atoms with Gasteiger partial charge in [0.15, 0.2) is 5.69 Å². The van der Waals surface area contributed by atoms with Crippen molar-refractivity contribution in [1.82, 2.24) is 20.0 Å². The minimum Gasteiger partial charge on any atom is -0.481 e. The molecule has 0 aliphatic rings. The number of hydrogen-bond acceptors (Lipinski definition) is 4. The predicted octanol–water partition coefficient (Wildman–Crippen LogP) is 2.25. The van der Waals surface area contributed by atoms with Crippen molar-refractivity contribution in [3.63, 3.8) is 0 Å². The van der Waals surface area contributed by atoms with Gasteiger partial charge in [-0.15, -0.1) is 0 Å². The quantitative estimate of drug-likeness (QED) is 0.776. The fourth-order valence-electron chi connectivity index (χ4n) is 2.30. The molecule has 0 spiro atoms. The van der Waals surface area contributed by atoms with Crippen LogP contribution in [0.25, 0.3) is 0 Å². The summed E-state index contributed by atoms with van der Waals surface area (Å²) < 4.78 is 1.59. The SMILES string of the molecule is Cc1nn(CCC(=O)O)c(C)c1NC(=O)c1cc(C(C)(C)C)[nH]n1. The lowest BCUT2D eigenvalue weighted by atomic mass is 9.92. The lowest BCUT2D eigenvalue weighted by molar-refractivity contribution is -0.137. The van der Waals surface area contributed by atoms with Gasteiger partial charge in [-0.3, -0.25) is 19.4 Å². The number of H-pyrrole nitrogens is 1. The second kappa shape index (κ2) is 6.46. The topological polar surface area (TPSA) is 113 Å². The Balaban J connectivity index is 2.17. The van der Waals surface area contributed by atoms with E-state index in [1.807, 2.05) is 20.8 Å². The van der Waals surface area contributed by atoms with Gasteiger partial charge >= 0.3 is 5.97 Å². The molecule has 0 aliphatic carbocycles. The summed E-state index contributed by atoms with van der Waals surface area (Å²) in [7, 11) is 0. The number of nitrogens with one attached hydrogen (secondary N) is 2. The van der Waals surface area contributed by atoms with Gasteiger partial charge in [0, 0.05) is 11.1 Å². The molecule has 2 rings (SSSR count). The van der Waals surface area contributed by atoms with Gasteiger partial charge in [0.2, 0.25) is 0 Å². The van der Waals surface area contributed by atoms with Crippen molar-refractivity contribution < 1.29 is 14.7 Å². The van der Waals surface area contributed by atoms with Crippen LogP contribution in [0.15, 0.2) is 6.07 Å². The Bertz CT molecular complexity index is 767. The number of aliphatic carboxylic acids is 1. The third-order valence-electron chi connectivity index (χ3n) is 3.78. The summed E-state index contributed by atoms with van der Waals surface area (Å²) >= 11 is 0. The van der Waals surface area contributed by atoms with Gasteiger partial charge < -0.3 is 10.4 Å².